The van der Waals surface area contributed by atoms with Gasteiger partial charge in [-0.05, 0) is 19.3 Å². The Morgan fingerprint density at radius 1 is 1.06 bits per heavy atom. The van der Waals surface area contributed by atoms with Crippen LogP contribution in [-0.4, -0.2) is 80.1 Å². The summed E-state index contributed by atoms with van der Waals surface area (Å²) >= 11 is 0. The highest BCUT2D eigenvalue weighted by atomic mass is 16.4. The number of hydrogen-bond donors (Lipinski definition) is 8. The van der Waals surface area contributed by atoms with E-state index in [-0.39, 0.29) is 19.3 Å². The number of aromatic nitrogens is 2. The van der Waals surface area contributed by atoms with E-state index in [1.165, 1.54) is 19.4 Å². The Kier molecular flexibility index (Phi) is 11.8. The molecule has 0 saturated carbocycles. The maximum absolute atomic E-state index is 12.9. The number of nitrogens with one attached hydrogen (secondary N) is 4. The zero-order valence-electron chi connectivity index (χ0n) is 20.0. The van der Waals surface area contributed by atoms with Crippen molar-refractivity contribution in [2.24, 2.45) is 17.4 Å². The lowest BCUT2D eigenvalue weighted by Crippen LogP contribution is -2.60. The van der Waals surface area contributed by atoms with Crippen LogP contribution in [0.2, 0.25) is 0 Å². The van der Waals surface area contributed by atoms with Gasteiger partial charge in [0.25, 0.3) is 0 Å². The third kappa shape index (κ3) is 9.70. The lowest BCUT2D eigenvalue weighted by Gasteiger charge is -2.27. The van der Waals surface area contributed by atoms with E-state index in [4.69, 9.17) is 11.5 Å². The molecule has 0 bridgehead atoms. The Bertz CT molecular complexity index is 875. The molecular formula is C21H35N7O7. The molecule has 4 amide bonds. The highest BCUT2D eigenvalue weighted by molar-refractivity contribution is 5.94. The second-order valence-electron chi connectivity index (χ2n) is 8.39. The van der Waals surface area contributed by atoms with E-state index in [1.807, 2.05) is 0 Å². The van der Waals surface area contributed by atoms with Gasteiger partial charge in [0, 0.05) is 24.7 Å². The molecule has 0 fully saturated rings. The number of carboxylic acids is 1. The summed E-state index contributed by atoms with van der Waals surface area (Å²) in [7, 11) is 0. The van der Waals surface area contributed by atoms with Crippen molar-refractivity contribution in [3.05, 3.63) is 18.2 Å². The minimum Gasteiger partial charge on any atom is -0.480 e. The molecule has 0 saturated heterocycles. The number of carbonyl (C=O) groups excluding carboxylic acids is 4. The largest absolute Gasteiger partial charge is 0.480 e. The Labute approximate surface area is 202 Å². The molecule has 1 rings (SSSR count). The van der Waals surface area contributed by atoms with Crippen LogP contribution in [0.3, 0.4) is 0 Å². The van der Waals surface area contributed by atoms with Crippen LogP contribution in [0.25, 0.3) is 0 Å². The first-order chi connectivity index (χ1) is 16.4. The lowest BCUT2D eigenvalue weighted by atomic mass is 9.98. The van der Waals surface area contributed by atoms with Crippen LogP contribution in [0.1, 0.15) is 45.7 Å². The van der Waals surface area contributed by atoms with Gasteiger partial charge in [-0.3, -0.25) is 19.2 Å². The van der Waals surface area contributed by atoms with Gasteiger partial charge >= 0.3 is 5.97 Å². The summed E-state index contributed by atoms with van der Waals surface area (Å²) in [6.45, 7) is 4.65. The van der Waals surface area contributed by atoms with Crippen LogP contribution in [0.4, 0.5) is 0 Å². The SMILES string of the molecule is CCC(C)C(NC(=O)C(CCC(N)=O)NC(=O)C(NC(=O)C(N)Cc1cnc[nH]1)C(C)O)C(=O)O. The number of nitrogens with zero attached hydrogens (tertiary/aromatic N) is 1. The van der Waals surface area contributed by atoms with Gasteiger partial charge in [-0.15, -0.1) is 0 Å². The number of aliphatic hydroxyl groups excluding tert-OH is 1. The zero-order valence-corrected chi connectivity index (χ0v) is 20.0. The molecule has 35 heavy (non-hydrogen) atoms. The summed E-state index contributed by atoms with van der Waals surface area (Å²) in [5.74, 6) is -4.92. The Balaban J connectivity index is 2.96. The quantitative estimate of drug-likeness (QED) is 0.128. The van der Waals surface area contributed by atoms with E-state index >= 15 is 0 Å². The standard InChI is InChI=1S/C21H35N7O7/c1-4-10(2)16(21(34)35)27-19(32)14(5-6-15(23)30)26-20(33)17(11(3)29)28-18(31)13(22)7-12-8-24-9-25-12/h8-11,13-14,16-17,29H,4-7,22H2,1-3H3,(H2,23,30)(H,24,25)(H,26,33)(H,27,32)(H,28,31)(H,34,35). The molecular weight excluding hydrogens is 462 g/mol. The Morgan fingerprint density at radius 3 is 2.17 bits per heavy atom. The topological polar surface area (TPSA) is 243 Å². The summed E-state index contributed by atoms with van der Waals surface area (Å²) in [5, 5.41) is 26.6. The van der Waals surface area contributed by atoms with E-state index < -0.39 is 65.8 Å². The molecule has 14 heteroatoms. The minimum atomic E-state index is -1.48. The molecule has 0 aliphatic carbocycles. The predicted molar refractivity (Wildman–Crippen MR) is 123 cm³/mol. The molecule has 1 heterocycles. The molecule has 0 aromatic carbocycles. The first kappa shape index (κ1) is 29.5. The second-order valence-corrected chi connectivity index (χ2v) is 8.39. The lowest BCUT2D eigenvalue weighted by molar-refractivity contribution is -0.144. The van der Waals surface area contributed by atoms with Gasteiger partial charge in [0.15, 0.2) is 0 Å². The molecule has 0 radical (unpaired) electrons. The highest BCUT2D eigenvalue weighted by Crippen LogP contribution is 2.10. The Morgan fingerprint density at radius 2 is 1.69 bits per heavy atom. The molecule has 10 N–H and O–H groups in total. The number of aliphatic carboxylic acids is 1. The number of hydrogen-bond acceptors (Lipinski definition) is 8. The van der Waals surface area contributed by atoms with Crippen LogP contribution in [0, 0.1) is 5.92 Å². The van der Waals surface area contributed by atoms with Crippen molar-refractivity contribution < 1.29 is 34.2 Å². The number of aliphatic hydroxyl groups is 1. The van der Waals surface area contributed by atoms with Crippen molar-refractivity contribution in [1.29, 1.82) is 0 Å². The average Bonchev–Trinajstić information content (AvgIpc) is 3.29. The van der Waals surface area contributed by atoms with Crippen molar-refractivity contribution >= 4 is 29.6 Å². The first-order valence-electron chi connectivity index (χ1n) is 11.2. The van der Waals surface area contributed by atoms with E-state index in [0.717, 1.165) is 0 Å². The van der Waals surface area contributed by atoms with E-state index in [9.17, 15) is 34.2 Å². The van der Waals surface area contributed by atoms with Gasteiger partial charge in [-0.25, -0.2) is 9.78 Å². The van der Waals surface area contributed by atoms with E-state index in [0.29, 0.717) is 12.1 Å². The molecule has 1 aromatic heterocycles. The number of nitrogens with two attached hydrogens (primary N) is 2. The van der Waals surface area contributed by atoms with Crippen molar-refractivity contribution in [1.82, 2.24) is 25.9 Å². The van der Waals surface area contributed by atoms with Crippen molar-refractivity contribution in [3.8, 4) is 0 Å². The number of H-pyrrole nitrogens is 1. The maximum atomic E-state index is 12.9. The fourth-order valence-electron chi connectivity index (χ4n) is 3.15. The van der Waals surface area contributed by atoms with Crippen molar-refractivity contribution in [2.75, 3.05) is 0 Å². The van der Waals surface area contributed by atoms with Gasteiger partial charge in [0.1, 0.15) is 18.1 Å². The Hall–Kier alpha value is -3.52. The molecule has 1 aromatic rings. The van der Waals surface area contributed by atoms with Crippen LogP contribution in [0.5, 0.6) is 0 Å². The number of carboxylic acid groups (broad SMARTS) is 1. The number of carbonyl (C=O) groups is 5. The summed E-state index contributed by atoms with van der Waals surface area (Å²) in [6.07, 6.45) is 1.59. The van der Waals surface area contributed by atoms with Gasteiger partial charge in [-0.2, -0.15) is 0 Å². The molecule has 0 spiro atoms. The molecule has 196 valence electrons. The van der Waals surface area contributed by atoms with Crippen LogP contribution in [-0.2, 0) is 30.4 Å². The molecule has 14 nitrogen and oxygen atoms in total. The molecule has 0 aliphatic heterocycles. The summed E-state index contributed by atoms with van der Waals surface area (Å²) in [6, 6.07) is -5.12. The third-order valence-electron chi connectivity index (χ3n) is 5.48. The molecule has 0 aliphatic rings. The number of primary amides is 1. The molecule has 6 unspecified atom stereocenters. The molecule has 6 atom stereocenters. The van der Waals surface area contributed by atoms with Crippen LogP contribution >= 0.6 is 0 Å². The van der Waals surface area contributed by atoms with Crippen LogP contribution < -0.4 is 27.4 Å². The fourth-order valence-corrected chi connectivity index (χ4v) is 3.15. The van der Waals surface area contributed by atoms with E-state index in [2.05, 4.69) is 25.9 Å². The third-order valence-corrected chi connectivity index (χ3v) is 5.48. The van der Waals surface area contributed by atoms with Gasteiger partial charge in [0.2, 0.25) is 23.6 Å². The van der Waals surface area contributed by atoms with Crippen molar-refractivity contribution in [3.63, 3.8) is 0 Å². The number of amides is 4. The fraction of sp³-hybridized carbons (Fsp3) is 0.619. The second kappa shape index (κ2) is 14.0. The van der Waals surface area contributed by atoms with Crippen LogP contribution in [0.15, 0.2) is 12.5 Å². The van der Waals surface area contributed by atoms with Gasteiger partial charge < -0.3 is 42.6 Å². The predicted octanol–water partition coefficient (Wildman–Crippen LogP) is -2.49. The smallest absolute Gasteiger partial charge is 0.326 e. The maximum Gasteiger partial charge on any atom is 0.326 e. The first-order valence-corrected chi connectivity index (χ1v) is 11.2. The highest BCUT2D eigenvalue weighted by Gasteiger charge is 2.33. The normalized spacial score (nSPS) is 16.1. The zero-order chi connectivity index (χ0) is 26.7. The monoisotopic (exact) mass is 497 g/mol. The van der Waals surface area contributed by atoms with E-state index in [1.54, 1.807) is 13.8 Å². The van der Waals surface area contributed by atoms with Crippen molar-refractivity contribution in [2.45, 2.75) is 76.7 Å². The summed E-state index contributed by atoms with van der Waals surface area (Å²) < 4.78 is 0. The average molecular weight is 498 g/mol. The van der Waals surface area contributed by atoms with Gasteiger partial charge in [-0.1, -0.05) is 20.3 Å². The number of imidazole rings is 1. The summed E-state index contributed by atoms with van der Waals surface area (Å²) in [5.41, 5.74) is 11.6. The minimum absolute atomic E-state index is 0.0931. The van der Waals surface area contributed by atoms with Gasteiger partial charge in [0.05, 0.1) is 18.5 Å². The summed E-state index contributed by atoms with van der Waals surface area (Å²) in [4.78, 5) is 67.6. The number of aromatic amines is 1. The number of rotatable bonds is 15.